The normalized spacial score (nSPS) is 16.8. The van der Waals surface area contributed by atoms with Crippen LogP contribution in [0.3, 0.4) is 0 Å². The standard InChI is InChI=1S/C13H14FN3O/c14-11-4-2-1-3-9(11)10(7-15)13-17-16-12(18-13)8-5-6-8/h1-4,8,10H,5-7,15H2. The summed E-state index contributed by atoms with van der Waals surface area (Å²) in [5.74, 6) is 0.792. The van der Waals surface area contributed by atoms with Crippen molar-refractivity contribution in [3.05, 3.63) is 47.4 Å². The molecule has 0 radical (unpaired) electrons. The lowest BCUT2D eigenvalue weighted by Crippen LogP contribution is -2.15. The smallest absolute Gasteiger partial charge is 0.225 e. The molecule has 1 fully saturated rings. The lowest BCUT2D eigenvalue weighted by atomic mass is 9.99. The van der Waals surface area contributed by atoms with Gasteiger partial charge in [0.05, 0.1) is 5.92 Å². The Hall–Kier alpha value is -1.75. The molecule has 0 saturated heterocycles. The van der Waals surface area contributed by atoms with Crippen molar-refractivity contribution in [2.24, 2.45) is 5.73 Å². The van der Waals surface area contributed by atoms with Gasteiger partial charge < -0.3 is 10.2 Å². The van der Waals surface area contributed by atoms with Crippen LogP contribution in [0.15, 0.2) is 28.7 Å². The zero-order valence-electron chi connectivity index (χ0n) is 9.84. The first-order valence-corrected chi connectivity index (χ1v) is 6.07. The van der Waals surface area contributed by atoms with Gasteiger partial charge in [-0.15, -0.1) is 10.2 Å². The molecule has 2 aromatic rings. The van der Waals surface area contributed by atoms with Crippen molar-refractivity contribution in [3.63, 3.8) is 0 Å². The zero-order chi connectivity index (χ0) is 12.5. The van der Waals surface area contributed by atoms with Gasteiger partial charge in [-0.1, -0.05) is 18.2 Å². The maximum absolute atomic E-state index is 13.7. The average Bonchev–Trinajstić information content (AvgIpc) is 3.12. The molecule has 1 unspecified atom stereocenters. The first-order valence-electron chi connectivity index (χ1n) is 6.07. The molecule has 1 atom stereocenters. The monoisotopic (exact) mass is 247 g/mol. The van der Waals surface area contributed by atoms with Crippen molar-refractivity contribution in [1.29, 1.82) is 0 Å². The van der Waals surface area contributed by atoms with Gasteiger partial charge in [0, 0.05) is 18.0 Å². The molecule has 0 bridgehead atoms. The highest BCUT2D eigenvalue weighted by atomic mass is 19.1. The molecule has 1 aromatic carbocycles. The summed E-state index contributed by atoms with van der Waals surface area (Å²) in [6, 6.07) is 6.54. The van der Waals surface area contributed by atoms with Crippen molar-refractivity contribution in [2.45, 2.75) is 24.7 Å². The second-order valence-electron chi connectivity index (χ2n) is 4.56. The van der Waals surface area contributed by atoms with E-state index in [9.17, 15) is 4.39 Å². The van der Waals surface area contributed by atoms with E-state index in [0.29, 0.717) is 23.3 Å². The first-order chi connectivity index (χ1) is 8.79. The van der Waals surface area contributed by atoms with Gasteiger partial charge in [0.15, 0.2) is 0 Å². The van der Waals surface area contributed by atoms with E-state index in [0.717, 1.165) is 12.8 Å². The van der Waals surface area contributed by atoms with Crippen LogP contribution in [-0.4, -0.2) is 16.7 Å². The molecule has 1 aliphatic rings. The predicted molar refractivity (Wildman–Crippen MR) is 63.6 cm³/mol. The number of benzene rings is 1. The third kappa shape index (κ3) is 2.01. The number of hydrogen-bond acceptors (Lipinski definition) is 4. The van der Waals surface area contributed by atoms with Gasteiger partial charge >= 0.3 is 0 Å². The Kier molecular flexibility index (Phi) is 2.83. The summed E-state index contributed by atoms with van der Waals surface area (Å²) in [5, 5.41) is 8.01. The number of nitrogens with two attached hydrogens (primary N) is 1. The lowest BCUT2D eigenvalue weighted by molar-refractivity contribution is 0.429. The third-order valence-electron chi connectivity index (χ3n) is 3.20. The van der Waals surface area contributed by atoms with E-state index in [1.807, 2.05) is 0 Å². The van der Waals surface area contributed by atoms with Crippen molar-refractivity contribution in [3.8, 4) is 0 Å². The summed E-state index contributed by atoms with van der Waals surface area (Å²) in [6.07, 6.45) is 2.18. The van der Waals surface area contributed by atoms with Crippen LogP contribution in [0.5, 0.6) is 0 Å². The summed E-state index contributed by atoms with van der Waals surface area (Å²) in [5.41, 5.74) is 6.22. The van der Waals surface area contributed by atoms with Gasteiger partial charge in [-0.3, -0.25) is 0 Å². The number of rotatable bonds is 4. The quantitative estimate of drug-likeness (QED) is 0.899. The summed E-state index contributed by atoms with van der Waals surface area (Å²) in [6.45, 7) is 0.243. The number of hydrogen-bond donors (Lipinski definition) is 1. The minimum absolute atomic E-state index is 0.243. The predicted octanol–water partition coefficient (Wildman–Crippen LogP) is 2.18. The van der Waals surface area contributed by atoms with Crippen LogP contribution in [-0.2, 0) is 0 Å². The van der Waals surface area contributed by atoms with Gasteiger partial charge in [-0.2, -0.15) is 0 Å². The van der Waals surface area contributed by atoms with Crippen LogP contribution in [0, 0.1) is 5.82 Å². The van der Waals surface area contributed by atoms with Gasteiger partial charge in [-0.05, 0) is 18.9 Å². The Labute approximate surface area is 104 Å². The molecule has 4 nitrogen and oxygen atoms in total. The molecular formula is C13H14FN3O. The van der Waals surface area contributed by atoms with Gasteiger partial charge in [-0.25, -0.2) is 4.39 Å². The Morgan fingerprint density at radius 2 is 2.11 bits per heavy atom. The summed E-state index contributed by atoms with van der Waals surface area (Å²) in [7, 11) is 0. The minimum Gasteiger partial charge on any atom is -0.424 e. The highest BCUT2D eigenvalue weighted by Crippen LogP contribution is 2.40. The molecule has 1 saturated carbocycles. The van der Waals surface area contributed by atoms with E-state index < -0.39 is 0 Å². The lowest BCUT2D eigenvalue weighted by Gasteiger charge is -2.11. The Bertz CT molecular complexity index is 551. The Balaban J connectivity index is 1.93. The molecular weight excluding hydrogens is 233 g/mol. The fourth-order valence-electron chi connectivity index (χ4n) is 2.00. The van der Waals surface area contributed by atoms with Gasteiger partial charge in [0.25, 0.3) is 0 Å². The molecule has 0 spiro atoms. The average molecular weight is 247 g/mol. The maximum atomic E-state index is 13.7. The van der Waals surface area contributed by atoms with Gasteiger partial charge in [0.2, 0.25) is 11.8 Å². The Morgan fingerprint density at radius 3 is 2.78 bits per heavy atom. The van der Waals surface area contributed by atoms with E-state index in [1.54, 1.807) is 18.2 Å². The third-order valence-corrected chi connectivity index (χ3v) is 3.20. The highest BCUT2D eigenvalue weighted by Gasteiger charge is 2.31. The van der Waals surface area contributed by atoms with Gasteiger partial charge in [0.1, 0.15) is 5.82 Å². The number of aromatic nitrogens is 2. The zero-order valence-corrected chi connectivity index (χ0v) is 9.84. The number of nitrogens with zero attached hydrogens (tertiary/aromatic N) is 2. The summed E-state index contributed by atoms with van der Waals surface area (Å²) >= 11 is 0. The molecule has 3 rings (SSSR count). The molecule has 0 aliphatic heterocycles. The summed E-state index contributed by atoms with van der Waals surface area (Å²) < 4.78 is 19.3. The van der Waals surface area contributed by atoms with Crippen molar-refractivity contribution in [1.82, 2.24) is 10.2 Å². The highest BCUT2D eigenvalue weighted by molar-refractivity contribution is 5.26. The molecule has 1 aliphatic carbocycles. The summed E-state index contributed by atoms with van der Waals surface area (Å²) in [4.78, 5) is 0. The first kappa shape index (κ1) is 11.3. The fourth-order valence-corrected chi connectivity index (χ4v) is 2.00. The van der Waals surface area contributed by atoms with Crippen molar-refractivity contribution < 1.29 is 8.81 Å². The molecule has 1 heterocycles. The second kappa shape index (κ2) is 4.49. The molecule has 2 N–H and O–H groups in total. The molecule has 1 aromatic heterocycles. The minimum atomic E-state index is -0.369. The van der Waals surface area contributed by atoms with E-state index in [-0.39, 0.29) is 18.3 Å². The SMILES string of the molecule is NCC(c1nnc(C2CC2)o1)c1ccccc1F. The van der Waals surface area contributed by atoms with Crippen LogP contribution >= 0.6 is 0 Å². The van der Waals surface area contributed by atoms with E-state index in [2.05, 4.69) is 10.2 Å². The molecule has 5 heteroatoms. The molecule has 94 valence electrons. The fraction of sp³-hybridized carbons (Fsp3) is 0.385. The van der Waals surface area contributed by atoms with Crippen LogP contribution in [0.2, 0.25) is 0 Å². The molecule has 0 amide bonds. The van der Waals surface area contributed by atoms with E-state index in [1.165, 1.54) is 6.07 Å². The van der Waals surface area contributed by atoms with Crippen LogP contribution < -0.4 is 5.73 Å². The second-order valence-corrected chi connectivity index (χ2v) is 4.56. The van der Waals surface area contributed by atoms with Crippen LogP contribution in [0.25, 0.3) is 0 Å². The van der Waals surface area contributed by atoms with Crippen molar-refractivity contribution >= 4 is 0 Å². The van der Waals surface area contributed by atoms with E-state index >= 15 is 0 Å². The number of halogens is 1. The topological polar surface area (TPSA) is 64.9 Å². The van der Waals surface area contributed by atoms with Crippen LogP contribution in [0.4, 0.5) is 4.39 Å². The largest absolute Gasteiger partial charge is 0.424 e. The van der Waals surface area contributed by atoms with Crippen LogP contribution in [0.1, 0.15) is 42.0 Å². The Morgan fingerprint density at radius 1 is 1.33 bits per heavy atom. The van der Waals surface area contributed by atoms with E-state index in [4.69, 9.17) is 10.2 Å². The maximum Gasteiger partial charge on any atom is 0.225 e. The van der Waals surface area contributed by atoms with Crippen molar-refractivity contribution in [2.75, 3.05) is 6.54 Å². The molecule has 18 heavy (non-hydrogen) atoms.